The van der Waals surface area contributed by atoms with Gasteiger partial charge in [0.15, 0.2) is 0 Å². The highest BCUT2D eigenvalue weighted by atomic mass is 28.4. The molecule has 0 aromatic heterocycles. The largest absolute Gasteiger partial charge is 0.351 e. The van der Waals surface area contributed by atoms with Gasteiger partial charge in [0.25, 0.3) is 0 Å². The summed E-state index contributed by atoms with van der Waals surface area (Å²) < 4.78 is 2.85. The first kappa shape index (κ1) is 15.4. The van der Waals surface area contributed by atoms with Gasteiger partial charge in [-0.05, 0) is 19.1 Å². The van der Waals surface area contributed by atoms with Crippen molar-refractivity contribution >= 4 is 17.2 Å². The Morgan fingerprint density at radius 2 is 1.40 bits per heavy atom. The molecule has 15 heavy (non-hydrogen) atoms. The molecule has 0 unspecified atom stereocenters. The lowest BCUT2D eigenvalue weighted by molar-refractivity contribution is 0.706. The van der Waals surface area contributed by atoms with Crippen molar-refractivity contribution in [3.05, 3.63) is 0 Å². The maximum absolute atomic E-state index is 2.85. The van der Waals surface area contributed by atoms with Crippen LogP contribution in [0.1, 0.15) is 39.5 Å². The third-order valence-corrected chi connectivity index (χ3v) is 13.3. The van der Waals surface area contributed by atoms with Crippen LogP contribution < -0.4 is 0 Å². The minimum absolute atomic E-state index is 0.580. The Morgan fingerprint density at radius 3 is 1.67 bits per heavy atom. The summed E-state index contributed by atoms with van der Waals surface area (Å²) in [7, 11) is 0.768. The predicted octanol–water partition coefficient (Wildman–Crippen LogP) is 4.08. The van der Waals surface area contributed by atoms with Crippen LogP contribution in [0.25, 0.3) is 0 Å². The Bertz CT molecular complexity index is 152. The molecule has 0 rings (SSSR count). The number of rotatable bonds is 8. The summed E-state index contributed by atoms with van der Waals surface area (Å²) >= 11 is 0. The first-order valence-corrected chi connectivity index (χ1v) is 12.4. The summed E-state index contributed by atoms with van der Waals surface area (Å²) in [6, 6.07) is 3.04. The molecule has 3 heteroatoms. The zero-order chi connectivity index (χ0) is 11.9. The van der Waals surface area contributed by atoms with Crippen LogP contribution in [0.15, 0.2) is 0 Å². The highest BCUT2D eigenvalue weighted by Gasteiger charge is 2.32. The third-order valence-electron chi connectivity index (χ3n) is 3.76. The fourth-order valence-corrected chi connectivity index (χ4v) is 11.2. The van der Waals surface area contributed by atoms with E-state index < -0.39 is 17.2 Å². The summed E-state index contributed by atoms with van der Waals surface area (Å²) in [5.41, 5.74) is 0. The molecule has 0 saturated heterocycles. The van der Waals surface area contributed by atoms with Gasteiger partial charge >= 0.3 is 0 Å². The number of nitrogens with zero attached hydrogens (tertiary/aromatic N) is 1. The Labute approximate surface area is 100 Å². The second kappa shape index (κ2) is 7.63. The van der Waals surface area contributed by atoms with Crippen LogP contribution in [-0.4, -0.2) is 28.5 Å². The smallest absolute Gasteiger partial charge is 0.118 e. The summed E-state index contributed by atoms with van der Waals surface area (Å²) in [5.74, 6) is 0. The molecule has 0 aliphatic heterocycles. The lowest BCUT2D eigenvalue weighted by atomic mass is 10.4. The quantitative estimate of drug-likeness (QED) is 0.583. The highest BCUT2D eigenvalue weighted by Crippen LogP contribution is 2.25. The second-order valence-electron chi connectivity index (χ2n) is 5.41. The summed E-state index contributed by atoms with van der Waals surface area (Å²) in [6.45, 7) is 12.2. The van der Waals surface area contributed by atoms with Crippen molar-refractivity contribution in [2.75, 3.05) is 7.05 Å². The second-order valence-corrected chi connectivity index (χ2v) is 13.6. The van der Waals surface area contributed by atoms with Crippen molar-refractivity contribution in [3.63, 3.8) is 0 Å². The van der Waals surface area contributed by atoms with Crippen LogP contribution in [0.3, 0.4) is 0 Å². The lowest BCUT2D eigenvalue weighted by Gasteiger charge is -2.40. The van der Waals surface area contributed by atoms with Gasteiger partial charge in [-0.3, -0.25) is 0 Å². The monoisotopic (exact) mass is 245 g/mol. The minimum Gasteiger partial charge on any atom is -0.351 e. The summed E-state index contributed by atoms with van der Waals surface area (Å²) in [4.78, 5) is 0. The fourth-order valence-electron chi connectivity index (χ4n) is 2.22. The molecule has 0 radical (unpaired) electrons. The van der Waals surface area contributed by atoms with E-state index in [0.29, 0.717) is 0 Å². The third kappa shape index (κ3) is 5.32. The molecule has 0 N–H and O–H groups in total. The van der Waals surface area contributed by atoms with Crippen LogP contribution in [0.4, 0.5) is 0 Å². The number of hydrogen-bond donors (Lipinski definition) is 0. The van der Waals surface area contributed by atoms with Gasteiger partial charge in [-0.1, -0.05) is 59.2 Å². The number of unbranched alkanes of at least 4 members (excludes halogenated alkanes) is 2. The number of hydrogen-bond acceptors (Lipinski definition) is 1. The van der Waals surface area contributed by atoms with Gasteiger partial charge in [0.1, 0.15) is 8.24 Å². The van der Waals surface area contributed by atoms with E-state index in [-0.39, 0.29) is 0 Å². The van der Waals surface area contributed by atoms with Crippen molar-refractivity contribution in [3.8, 4) is 0 Å². The fraction of sp³-hybridized carbons (Fsp3) is 1.00. The summed E-state index contributed by atoms with van der Waals surface area (Å²) in [5, 5.41) is 0. The van der Waals surface area contributed by atoms with E-state index in [0.717, 1.165) is 0 Å². The Kier molecular flexibility index (Phi) is 7.83. The molecule has 0 aliphatic rings. The molecule has 0 heterocycles. The van der Waals surface area contributed by atoms with Crippen LogP contribution in [0, 0.1) is 0 Å². The molecule has 0 aromatic rings. The maximum atomic E-state index is 2.85. The molecule has 0 aromatic carbocycles. The minimum atomic E-state index is -1.06. The standard InChI is InChI=1S/C12H31NSi2/c1-7-9-11-15(6,12-10-8-2)13(3)14(4)5/h14H,7-12H2,1-6H3. The molecule has 0 amide bonds. The molecular weight excluding hydrogens is 214 g/mol. The zero-order valence-electron chi connectivity index (χ0n) is 11.8. The lowest BCUT2D eigenvalue weighted by Crippen LogP contribution is -2.53. The van der Waals surface area contributed by atoms with Crippen molar-refractivity contribution < 1.29 is 0 Å². The average Bonchev–Trinajstić information content (AvgIpc) is 2.22. The van der Waals surface area contributed by atoms with E-state index in [4.69, 9.17) is 0 Å². The molecule has 0 saturated carbocycles. The van der Waals surface area contributed by atoms with Crippen molar-refractivity contribution in [1.82, 2.24) is 4.23 Å². The Morgan fingerprint density at radius 1 is 1.00 bits per heavy atom. The van der Waals surface area contributed by atoms with Gasteiger partial charge in [-0.25, -0.2) is 0 Å². The normalized spacial score (nSPS) is 12.8. The van der Waals surface area contributed by atoms with Crippen LogP contribution in [-0.2, 0) is 0 Å². The Balaban J connectivity index is 4.37. The molecule has 1 nitrogen and oxygen atoms in total. The molecule has 0 bridgehead atoms. The highest BCUT2D eigenvalue weighted by molar-refractivity contribution is 6.84. The SMILES string of the molecule is CCCC[Si](C)(CCCC)N(C)[SiH](C)C. The molecule has 0 spiro atoms. The average molecular weight is 246 g/mol. The van der Waals surface area contributed by atoms with Crippen molar-refractivity contribution in [2.45, 2.75) is 71.3 Å². The van der Waals surface area contributed by atoms with Crippen LogP contribution >= 0.6 is 0 Å². The Hall–Kier alpha value is 0.394. The predicted molar refractivity (Wildman–Crippen MR) is 77.7 cm³/mol. The van der Waals surface area contributed by atoms with E-state index in [1.54, 1.807) is 0 Å². The molecule has 0 atom stereocenters. The van der Waals surface area contributed by atoms with Crippen molar-refractivity contribution in [1.29, 1.82) is 0 Å². The zero-order valence-corrected chi connectivity index (χ0v) is 13.9. The van der Waals surface area contributed by atoms with E-state index in [2.05, 4.69) is 44.8 Å². The molecular formula is C12H31NSi2. The molecule has 0 aliphatic carbocycles. The van der Waals surface area contributed by atoms with Gasteiger partial charge in [0, 0.05) is 0 Å². The maximum Gasteiger partial charge on any atom is 0.118 e. The van der Waals surface area contributed by atoms with E-state index in [1.807, 2.05) is 0 Å². The van der Waals surface area contributed by atoms with Gasteiger partial charge < -0.3 is 4.23 Å². The van der Waals surface area contributed by atoms with E-state index in [9.17, 15) is 0 Å². The van der Waals surface area contributed by atoms with Gasteiger partial charge in [0.2, 0.25) is 0 Å². The van der Waals surface area contributed by atoms with Gasteiger partial charge in [-0.2, -0.15) is 0 Å². The van der Waals surface area contributed by atoms with Gasteiger partial charge in [-0.15, -0.1) is 0 Å². The van der Waals surface area contributed by atoms with Gasteiger partial charge in [0.05, 0.1) is 8.96 Å². The first-order valence-electron chi connectivity index (χ1n) is 6.71. The van der Waals surface area contributed by atoms with E-state index in [1.165, 1.54) is 37.8 Å². The van der Waals surface area contributed by atoms with E-state index >= 15 is 0 Å². The first-order chi connectivity index (χ1) is 6.98. The topological polar surface area (TPSA) is 3.24 Å². The molecule has 0 fully saturated rings. The van der Waals surface area contributed by atoms with Crippen LogP contribution in [0.5, 0.6) is 0 Å². The molecule has 92 valence electrons. The summed E-state index contributed by atoms with van der Waals surface area (Å²) in [6.07, 6.45) is 5.61. The van der Waals surface area contributed by atoms with Crippen molar-refractivity contribution in [2.24, 2.45) is 0 Å². The van der Waals surface area contributed by atoms with Crippen LogP contribution in [0.2, 0.25) is 31.7 Å².